The van der Waals surface area contributed by atoms with E-state index in [1.54, 1.807) is 0 Å². The van der Waals surface area contributed by atoms with Gasteiger partial charge in [-0.25, -0.2) is 0 Å². The van der Waals surface area contributed by atoms with Gasteiger partial charge in [0.15, 0.2) is 0 Å². The van der Waals surface area contributed by atoms with Crippen molar-refractivity contribution in [2.75, 3.05) is 5.32 Å². The maximum absolute atomic E-state index is 3.73. The maximum Gasteiger partial charge on any atom is 0.0631 e. The Morgan fingerprint density at radius 3 is 2.28 bits per heavy atom. The number of rotatable bonds is 7. The van der Waals surface area contributed by atoms with Gasteiger partial charge in [-0.1, -0.05) is 117 Å². The van der Waals surface area contributed by atoms with Crippen LogP contribution in [0, 0.1) is 0 Å². The van der Waals surface area contributed by atoms with Gasteiger partial charge in [0.1, 0.15) is 0 Å². The van der Waals surface area contributed by atoms with Crippen LogP contribution in [0.4, 0.5) is 11.4 Å². The van der Waals surface area contributed by atoms with Crippen LogP contribution in [0.3, 0.4) is 0 Å². The molecule has 1 N–H and O–H groups in total. The summed E-state index contributed by atoms with van der Waals surface area (Å²) in [6.45, 7) is 6.88. The average Bonchev–Trinajstić information content (AvgIpc) is 3.40. The van der Waals surface area contributed by atoms with Crippen molar-refractivity contribution in [1.29, 1.82) is 0 Å². The summed E-state index contributed by atoms with van der Waals surface area (Å²) in [5.41, 5.74) is 19.3. The summed E-state index contributed by atoms with van der Waals surface area (Å²) in [6.07, 6.45) is 5.16. The van der Waals surface area contributed by atoms with Gasteiger partial charge in [-0.3, -0.25) is 0 Å². The Hall–Kier alpha value is -5.26. The van der Waals surface area contributed by atoms with Gasteiger partial charge in [-0.2, -0.15) is 0 Å². The molecule has 1 aromatic heterocycles. The zero-order valence-electron chi connectivity index (χ0n) is 24.9. The van der Waals surface area contributed by atoms with E-state index in [4.69, 9.17) is 0 Å². The number of fused-ring (bicyclic) bond motifs is 3. The average molecular weight is 555 g/mol. The zero-order valence-corrected chi connectivity index (χ0v) is 24.9. The minimum Gasteiger partial charge on any atom is -0.355 e. The van der Waals surface area contributed by atoms with E-state index in [9.17, 15) is 0 Å². The first-order valence-electron chi connectivity index (χ1n) is 15.0. The lowest BCUT2D eigenvalue weighted by Gasteiger charge is -2.24. The maximum atomic E-state index is 3.73. The second-order valence-corrected chi connectivity index (χ2v) is 11.8. The van der Waals surface area contributed by atoms with Crippen LogP contribution in [-0.2, 0) is 5.41 Å². The first-order valence-corrected chi connectivity index (χ1v) is 15.0. The number of hydrogen-bond acceptors (Lipinski definition) is 1. The van der Waals surface area contributed by atoms with Gasteiger partial charge in [-0.15, -0.1) is 0 Å². The van der Waals surface area contributed by atoms with E-state index in [1.165, 1.54) is 38.7 Å². The molecular formula is C41H34N2. The Bertz CT molecular complexity index is 2090. The second-order valence-electron chi connectivity index (χ2n) is 11.8. The molecule has 0 spiro atoms. The lowest BCUT2D eigenvalue weighted by atomic mass is 9.81. The van der Waals surface area contributed by atoms with Gasteiger partial charge in [-0.05, 0) is 76.6 Å². The molecule has 1 heterocycles. The molecule has 0 saturated carbocycles. The van der Waals surface area contributed by atoms with Crippen LogP contribution in [0.5, 0.6) is 0 Å². The smallest absolute Gasteiger partial charge is 0.0631 e. The van der Waals surface area contributed by atoms with E-state index in [2.05, 4.69) is 163 Å². The van der Waals surface area contributed by atoms with Gasteiger partial charge >= 0.3 is 0 Å². The molecule has 0 atom stereocenters. The number of anilines is 2. The van der Waals surface area contributed by atoms with Gasteiger partial charge in [0.05, 0.1) is 11.2 Å². The molecule has 5 aromatic carbocycles. The van der Waals surface area contributed by atoms with Crippen LogP contribution in [0.25, 0.3) is 51.0 Å². The number of nitrogens with zero attached hydrogens (tertiary/aromatic N) is 1. The van der Waals surface area contributed by atoms with Gasteiger partial charge in [0, 0.05) is 39.7 Å². The molecular weight excluding hydrogens is 520 g/mol. The van der Waals surface area contributed by atoms with E-state index in [0.29, 0.717) is 0 Å². The molecule has 208 valence electrons. The SMILES string of the molecule is CCC(C)(C)c1cccc(-c2ccccc2Nc2cccc(-c3cccc(-n4c5c(c6ccccc64)C=C=C=C5)c3)c2)c1. The standard InChI is InChI=1S/C41H34N2/c1-4-41(2,3)32-17-11-16-31(26-32)35-20-5-8-23-38(35)42-33-18-12-14-29(27-33)30-15-13-19-34(28-30)43-39-24-9-6-21-36(39)37-22-7-10-25-40(37)43/h5-6,8-9,11-28,42H,4H2,1-3H3. The van der Waals surface area contributed by atoms with E-state index in [0.717, 1.165) is 34.7 Å². The summed E-state index contributed by atoms with van der Waals surface area (Å²) in [6, 6.07) is 43.6. The Kier molecular flexibility index (Phi) is 6.72. The summed E-state index contributed by atoms with van der Waals surface area (Å²) in [5.74, 6) is 0. The molecule has 6 aromatic rings. The van der Waals surface area contributed by atoms with Crippen molar-refractivity contribution < 1.29 is 0 Å². The molecule has 0 aliphatic heterocycles. The highest BCUT2D eigenvalue weighted by Crippen LogP contribution is 2.36. The Morgan fingerprint density at radius 1 is 0.674 bits per heavy atom. The third kappa shape index (κ3) is 4.94. The molecule has 1 aliphatic carbocycles. The van der Waals surface area contributed by atoms with Crippen molar-refractivity contribution in [3.8, 4) is 27.9 Å². The molecule has 43 heavy (non-hydrogen) atoms. The molecule has 2 heteroatoms. The normalized spacial score (nSPS) is 12.1. The Balaban J connectivity index is 1.24. The highest BCUT2D eigenvalue weighted by molar-refractivity contribution is 5.96. The number of nitrogens with one attached hydrogen (secondary N) is 1. The third-order valence-corrected chi connectivity index (χ3v) is 8.81. The van der Waals surface area contributed by atoms with Gasteiger partial charge < -0.3 is 9.88 Å². The van der Waals surface area contributed by atoms with Crippen molar-refractivity contribution in [3.05, 3.63) is 150 Å². The second kappa shape index (κ2) is 10.9. The monoisotopic (exact) mass is 554 g/mol. The molecule has 0 radical (unpaired) electrons. The molecule has 0 bridgehead atoms. The lowest BCUT2D eigenvalue weighted by Crippen LogP contribution is -2.15. The molecule has 0 saturated heterocycles. The fourth-order valence-corrected chi connectivity index (χ4v) is 5.99. The number of benzene rings is 5. The first kappa shape index (κ1) is 26.6. The quantitative estimate of drug-likeness (QED) is 0.194. The molecule has 2 nitrogen and oxygen atoms in total. The first-order chi connectivity index (χ1) is 21.0. The fourth-order valence-electron chi connectivity index (χ4n) is 5.99. The zero-order chi connectivity index (χ0) is 29.4. The van der Waals surface area contributed by atoms with E-state index in [-0.39, 0.29) is 5.41 Å². The van der Waals surface area contributed by atoms with Crippen LogP contribution >= 0.6 is 0 Å². The van der Waals surface area contributed by atoms with E-state index in [1.807, 2.05) is 12.2 Å². The summed E-state index contributed by atoms with van der Waals surface area (Å²) in [4.78, 5) is 0. The van der Waals surface area contributed by atoms with Crippen molar-refractivity contribution in [1.82, 2.24) is 4.57 Å². The highest BCUT2D eigenvalue weighted by Gasteiger charge is 2.19. The molecule has 0 unspecified atom stereocenters. The van der Waals surface area contributed by atoms with Crippen molar-refractivity contribution >= 4 is 34.4 Å². The summed E-state index contributed by atoms with van der Waals surface area (Å²) >= 11 is 0. The predicted octanol–water partition coefficient (Wildman–Crippen LogP) is 11.2. The molecule has 7 rings (SSSR count). The third-order valence-electron chi connectivity index (χ3n) is 8.81. The number of aromatic nitrogens is 1. The van der Waals surface area contributed by atoms with Crippen LogP contribution in [0.1, 0.15) is 44.0 Å². The van der Waals surface area contributed by atoms with Gasteiger partial charge in [0.25, 0.3) is 0 Å². The van der Waals surface area contributed by atoms with Crippen LogP contribution in [0.15, 0.2) is 133 Å². The van der Waals surface area contributed by atoms with Crippen molar-refractivity contribution in [2.45, 2.75) is 32.6 Å². The summed E-state index contributed by atoms with van der Waals surface area (Å²) in [5, 5.41) is 4.95. The Labute approximate surface area is 254 Å². The van der Waals surface area contributed by atoms with Crippen LogP contribution in [0.2, 0.25) is 0 Å². The minimum absolute atomic E-state index is 0.136. The van der Waals surface area contributed by atoms with Crippen LogP contribution in [-0.4, -0.2) is 4.57 Å². The topological polar surface area (TPSA) is 17.0 Å². The van der Waals surface area contributed by atoms with Crippen LogP contribution < -0.4 is 5.32 Å². The fraction of sp³-hybridized carbons (Fsp3) is 0.122. The number of hydrogen-bond donors (Lipinski definition) is 1. The Morgan fingerprint density at radius 2 is 1.40 bits per heavy atom. The molecule has 0 fully saturated rings. The molecule has 1 aliphatic rings. The number of para-hydroxylation sites is 2. The van der Waals surface area contributed by atoms with Gasteiger partial charge in [0.2, 0.25) is 0 Å². The predicted molar refractivity (Wildman–Crippen MR) is 183 cm³/mol. The van der Waals surface area contributed by atoms with E-state index >= 15 is 0 Å². The molecule has 0 amide bonds. The summed E-state index contributed by atoms with van der Waals surface area (Å²) < 4.78 is 2.32. The highest BCUT2D eigenvalue weighted by atomic mass is 15.0. The largest absolute Gasteiger partial charge is 0.355 e. The van der Waals surface area contributed by atoms with Crippen molar-refractivity contribution in [2.24, 2.45) is 0 Å². The summed E-state index contributed by atoms with van der Waals surface area (Å²) in [7, 11) is 0. The lowest BCUT2D eigenvalue weighted by molar-refractivity contribution is 0.506. The van der Waals surface area contributed by atoms with E-state index < -0.39 is 0 Å². The van der Waals surface area contributed by atoms with Crippen molar-refractivity contribution in [3.63, 3.8) is 0 Å². The minimum atomic E-state index is 0.136.